The second-order valence-electron chi connectivity index (χ2n) is 5.06. The Kier molecular flexibility index (Phi) is 5.22. The van der Waals surface area contributed by atoms with Crippen LogP contribution in [0.5, 0.6) is 0 Å². The molecule has 9 heteroatoms. The third-order valence-corrected chi connectivity index (χ3v) is 3.68. The smallest absolute Gasteiger partial charge is 0.257 e. The normalized spacial score (nSPS) is 10.8. The van der Waals surface area contributed by atoms with Crippen molar-refractivity contribution in [1.82, 2.24) is 20.6 Å². The van der Waals surface area contributed by atoms with E-state index >= 15 is 0 Å². The van der Waals surface area contributed by atoms with Gasteiger partial charge in [0.1, 0.15) is 11.6 Å². The lowest BCUT2D eigenvalue weighted by Crippen LogP contribution is -2.12. The van der Waals surface area contributed by atoms with Crippen molar-refractivity contribution in [3.05, 3.63) is 71.1 Å². The lowest BCUT2D eigenvalue weighted by Gasteiger charge is -2.08. The van der Waals surface area contributed by atoms with Gasteiger partial charge in [0.05, 0.1) is 10.6 Å². The van der Waals surface area contributed by atoms with Gasteiger partial charge in [-0.25, -0.2) is 0 Å². The van der Waals surface area contributed by atoms with Crippen LogP contribution < -0.4 is 10.6 Å². The summed E-state index contributed by atoms with van der Waals surface area (Å²) in [4.78, 5) is 12.2. The van der Waals surface area contributed by atoms with E-state index in [4.69, 9.17) is 16.9 Å². The second kappa shape index (κ2) is 7.92. The van der Waals surface area contributed by atoms with Gasteiger partial charge in [0.15, 0.2) is 0 Å². The van der Waals surface area contributed by atoms with Crippen molar-refractivity contribution in [2.45, 2.75) is 0 Å². The molecule has 3 rings (SSSR count). The first-order valence-electron chi connectivity index (χ1n) is 7.44. The Balaban J connectivity index is 1.66. The lowest BCUT2D eigenvalue weighted by atomic mass is 10.2. The molecule has 0 bridgehead atoms. The van der Waals surface area contributed by atoms with Gasteiger partial charge in [-0.15, -0.1) is 10.2 Å². The molecule has 128 valence electrons. The van der Waals surface area contributed by atoms with Gasteiger partial charge >= 0.3 is 0 Å². The monoisotopic (exact) mass is 365 g/mol. The van der Waals surface area contributed by atoms with Crippen LogP contribution in [0.25, 0.3) is 5.57 Å². The number of hydrogen-bond donors (Lipinski definition) is 3. The molecule has 1 amide bonds. The maximum Gasteiger partial charge on any atom is 0.257 e. The van der Waals surface area contributed by atoms with Crippen LogP contribution in [0.1, 0.15) is 16.2 Å². The first-order chi connectivity index (χ1) is 12.7. The fourth-order valence-corrected chi connectivity index (χ4v) is 2.29. The fourth-order valence-electron chi connectivity index (χ4n) is 2.07. The number of aromatic nitrogens is 4. The van der Waals surface area contributed by atoms with Gasteiger partial charge in [-0.1, -0.05) is 23.7 Å². The molecule has 2 aromatic carbocycles. The van der Waals surface area contributed by atoms with E-state index < -0.39 is 0 Å². The Morgan fingerprint density at radius 2 is 1.88 bits per heavy atom. The van der Waals surface area contributed by atoms with Crippen molar-refractivity contribution in [3.8, 4) is 6.07 Å². The van der Waals surface area contributed by atoms with Crippen molar-refractivity contribution in [1.29, 1.82) is 5.26 Å². The summed E-state index contributed by atoms with van der Waals surface area (Å²) in [6, 6.07) is 15.8. The number of carbonyl (C=O) groups excluding carboxylic acids is 1. The number of allylic oxidation sites excluding steroid dienone is 1. The summed E-state index contributed by atoms with van der Waals surface area (Å²) in [5.41, 5.74) is 1.97. The number of hydrogen-bond acceptors (Lipinski definition) is 6. The van der Waals surface area contributed by atoms with Gasteiger partial charge in [-0.05, 0) is 41.6 Å². The average Bonchev–Trinajstić information content (AvgIpc) is 3.18. The molecule has 0 saturated heterocycles. The number of aromatic amines is 1. The molecule has 3 aromatic rings. The Morgan fingerprint density at radius 1 is 1.15 bits per heavy atom. The number of amides is 1. The van der Waals surface area contributed by atoms with E-state index in [0.717, 1.165) is 5.69 Å². The number of halogens is 1. The largest absolute Gasteiger partial charge is 0.360 e. The molecule has 8 nitrogen and oxygen atoms in total. The number of anilines is 2. The molecule has 0 spiro atoms. The number of tetrazole rings is 1. The van der Waals surface area contributed by atoms with Crippen molar-refractivity contribution in [2.75, 3.05) is 10.6 Å². The van der Waals surface area contributed by atoms with E-state index in [0.29, 0.717) is 16.3 Å². The van der Waals surface area contributed by atoms with E-state index in [9.17, 15) is 4.79 Å². The number of nitrogens with zero attached hydrogens (tertiary/aromatic N) is 4. The highest BCUT2D eigenvalue weighted by molar-refractivity contribution is 6.34. The number of benzene rings is 2. The molecule has 0 saturated carbocycles. The third-order valence-electron chi connectivity index (χ3n) is 3.35. The van der Waals surface area contributed by atoms with Crippen LogP contribution in [-0.4, -0.2) is 26.5 Å². The molecule has 0 unspecified atom stereocenters. The fraction of sp³-hybridized carbons (Fsp3) is 0. The molecular formula is C17H12ClN7O. The van der Waals surface area contributed by atoms with Gasteiger partial charge in [0.25, 0.3) is 5.91 Å². The maximum atomic E-state index is 12.2. The Bertz CT molecular complexity index is 975. The van der Waals surface area contributed by atoms with E-state index in [-0.39, 0.29) is 17.3 Å². The molecule has 0 fully saturated rings. The van der Waals surface area contributed by atoms with Crippen molar-refractivity contribution in [2.24, 2.45) is 0 Å². The minimum atomic E-state index is -0.292. The maximum absolute atomic E-state index is 12.2. The second-order valence-corrected chi connectivity index (χ2v) is 5.47. The van der Waals surface area contributed by atoms with Crippen LogP contribution in [0.3, 0.4) is 0 Å². The SMILES string of the molecule is N#CC(=CNc1ccc(NC(=O)c2ccccc2Cl)cc1)c1nn[nH]n1. The zero-order valence-corrected chi connectivity index (χ0v) is 14.0. The number of nitrogens with one attached hydrogen (secondary N) is 3. The minimum Gasteiger partial charge on any atom is -0.360 e. The zero-order chi connectivity index (χ0) is 18.4. The number of carbonyl (C=O) groups is 1. The van der Waals surface area contributed by atoms with Gasteiger partial charge in [-0.2, -0.15) is 10.5 Å². The molecule has 0 radical (unpaired) electrons. The van der Waals surface area contributed by atoms with Gasteiger partial charge < -0.3 is 10.6 Å². The zero-order valence-electron chi connectivity index (χ0n) is 13.3. The molecule has 1 heterocycles. The van der Waals surface area contributed by atoms with Crippen LogP contribution in [0.4, 0.5) is 11.4 Å². The summed E-state index contributed by atoms with van der Waals surface area (Å²) in [6.07, 6.45) is 1.47. The van der Waals surface area contributed by atoms with Crippen molar-refractivity contribution < 1.29 is 4.79 Å². The topological polar surface area (TPSA) is 119 Å². The molecule has 0 aliphatic heterocycles. The van der Waals surface area contributed by atoms with E-state index in [2.05, 4.69) is 31.3 Å². The molecule has 26 heavy (non-hydrogen) atoms. The standard InChI is InChI=1S/C17H12ClN7O/c18-15-4-2-1-3-14(15)17(26)21-13-7-5-12(6-8-13)20-10-11(9-19)16-22-24-25-23-16/h1-8,10,20H,(H,21,26)(H,22,23,24,25). The van der Waals surface area contributed by atoms with Crippen LogP contribution in [0.2, 0.25) is 5.02 Å². The van der Waals surface area contributed by atoms with Crippen LogP contribution in [-0.2, 0) is 0 Å². The first kappa shape index (κ1) is 17.1. The van der Waals surface area contributed by atoms with E-state index in [1.165, 1.54) is 6.20 Å². The van der Waals surface area contributed by atoms with E-state index in [1.807, 2.05) is 6.07 Å². The summed E-state index contributed by atoms with van der Waals surface area (Å²) in [5.74, 6) is -0.0938. The Hall–Kier alpha value is -3.70. The van der Waals surface area contributed by atoms with Crippen molar-refractivity contribution >= 4 is 34.5 Å². The number of H-pyrrole nitrogens is 1. The third kappa shape index (κ3) is 4.03. The summed E-state index contributed by atoms with van der Waals surface area (Å²) >= 11 is 6.02. The van der Waals surface area contributed by atoms with Crippen LogP contribution >= 0.6 is 11.6 Å². The Labute approximate surface area is 153 Å². The predicted molar refractivity (Wildman–Crippen MR) is 97.2 cm³/mol. The average molecular weight is 366 g/mol. The molecule has 0 aliphatic rings. The van der Waals surface area contributed by atoms with Gasteiger partial charge in [0.2, 0.25) is 5.82 Å². The highest BCUT2D eigenvalue weighted by Gasteiger charge is 2.09. The molecular weight excluding hydrogens is 354 g/mol. The van der Waals surface area contributed by atoms with Crippen LogP contribution in [0.15, 0.2) is 54.7 Å². The Morgan fingerprint density at radius 3 is 2.54 bits per heavy atom. The number of nitriles is 1. The quantitative estimate of drug-likeness (QED) is 0.598. The number of rotatable bonds is 5. The predicted octanol–water partition coefficient (Wildman–Crippen LogP) is 3.08. The van der Waals surface area contributed by atoms with Crippen molar-refractivity contribution in [3.63, 3.8) is 0 Å². The van der Waals surface area contributed by atoms with Crippen LogP contribution in [0, 0.1) is 11.3 Å². The highest BCUT2D eigenvalue weighted by atomic mass is 35.5. The summed E-state index contributed by atoms with van der Waals surface area (Å²) < 4.78 is 0. The lowest BCUT2D eigenvalue weighted by molar-refractivity contribution is 0.102. The van der Waals surface area contributed by atoms with Gasteiger partial charge in [-0.3, -0.25) is 4.79 Å². The molecule has 1 aromatic heterocycles. The summed E-state index contributed by atoms with van der Waals surface area (Å²) in [5, 5.41) is 28.4. The first-order valence-corrected chi connectivity index (χ1v) is 7.82. The summed E-state index contributed by atoms with van der Waals surface area (Å²) in [6.45, 7) is 0. The molecule has 0 atom stereocenters. The van der Waals surface area contributed by atoms with E-state index in [1.54, 1.807) is 48.5 Å². The molecule has 0 aliphatic carbocycles. The molecule has 3 N–H and O–H groups in total. The minimum absolute atomic E-state index is 0.198. The van der Waals surface area contributed by atoms with Gasteiger partial charge in [0, 0.05) is 17.6 Å². The highest BCUT2D eigenvalue weighted by Crippen LogP contribution is 2.19. The summed E-state index contributed by atoms with van der Waals surface area (Å²) in [7, 11) is 0.